The predicted octanol–water partition coefficient (Wildman–Crippen LogP) is -1.96. The normalized spacial score (nSPS) is 4.00. The Bertz CT molecular complexity index is 41.0. The molecule has 6 N–H and O–H groups in total. The summed E-state index contributed by atoms with van der Waals surface area (Å²) >= 11 is 0. The summed E-state index contributed by atoms with van der Waals surface area (Å²) in [6.07, 6.45) is 0. The standard InChI is InChI=1S/CH4N2O.Mg.H2O.2H/c2-1(3)4;;;;/h(H4,2,3,4);;1H2;;/q;+2;;2*-1. The Labute approximate surface area is 54.3 Å². The molecule has 0 aromatic rings. The van der Waals surface area contributed by atoms with Gasteiger partial charge in [0, 0.05) is 0 Å². The van der Waals surface area contributed by atoms with Crippen LogP contribution in [0.15, 0.2) is 0 Å². The Kier molecular flexibility index (Phi) is 24.7. The second-order valence-corrected chi connectivity index (χ2v) is 0.402. The zero-order valence-electron chi connectivity index (χ0n) is 5.27. The first-order chi connectivity index (χ1) is 1.73. The van der Waals surface area contributed by atoms with E-state index >= 15 is 0 Å². The van der Waals surface area contributed by atoms with Crippen LogP contribution in [0.25, 0.3) is 0 Å². The largest absolute Gasteiger partial charge is 2.00 e. The zero-order valence-corrected chi connectivity index (χ0v) is 4.68. The summed E-state index contributed by atoms with van der Waals surface area (Å²) in [5.74, 6) is 0. The molecule has 36 valence electrons. The molecule has 0 aliphatic rings. The summed E-state index contributed by atoms with van der Waals surface area (Å²) in [6, 6.07) is -0.833. The maximum absolute atomic E-state index is 9.00. The third kappa shape index (κ3) is 2530000. The number of nitrogens with two attached hydrogens (primary N) is 2. The van der Waals surface area contributed by atoms with Crippen molar-refractivity contribution < 1.29 is 13.1 Å². The van der Waals surface area contributed by atoms with Crippen LogP contribution in [0, 0.1) is 0 Å². The van der Waals surface area contributed by atoms with Gasteiger partial charge in [0.25, 0.3) is 0 Å². The molecule has 0 aliphatic carbocycles. The molecule has 2 amide bonds. The van der Waals surface area contributed by atoms with Crippen molar-refractivity contribution in [2.24, 2.45) is 11.5 Å². The summed E-state index contributed by atoms with van der Waals surface area (Å²) in [5, 5.41) is 0. The number of hydrogen-bond donors (Lipinski definition) is 2. The van der Waals surface area contributed by atoms with E-state index in [4.69, 9.17) is 4.79 Å². The maximum atomic E-state index is 9.00. The molecule has 0 bridgehead atoms. The van der Waals surface area contributed by atoms with Crippen molar-refractivity contribution >= 4 is 29.1 Å². The molecule has 0 aliphatic heterocycles. The van der Waals surface area contributed by atoms with E-state index < -0.39 is 6.03 Å². The summed E-state index contributed by atoms with van der Waals surface area (Å²) in [4.78, 5) is 9.00. The number of primary amides is 2. The van der Waals surface area contributed by atoms with Gasteiger partial charge in [-0.15, -0.1) is 0 Å². The molecule has 0 aromatic carbocycles. The van der Waals surface area contributed by atoms with Crippen LogP contribution in [0.3, 0.4) is 0 Å². The first-order valence-corrected chi connectivity index (χ1v) is 0.781. The van der Waals surface area contributed by atoms with Crippen LogP contribution in [-0.4, -0.2) is 34.6 Å². The van der Waals surface area contributed by atoms with Gasteiger partial charge in [0.15, 0.2) is 0 Å². The van der Waals surface area contributed by atoms with E-state index in [9.17, 15) is 0 Å². The molecule has 0 aromatic heterocycles. The van der Waals surface area contributed by atoms with Gasteiger partial charge in [-0.05, 0) is 0 Å². The summed E-state index contributed by atoms with van der Waals surface area (Å²) in [7, 11) is 0. The average molecular weight is 104 g/mol. The Morgan fingerprint density at radius 2 is 1.50 bits per heavy atom. The van der Waals surface area contributed by atoms with Crippen LogP contribution in [0.5, 0.6) is 0 Å². The van der Waals surface area contributed by atoms with Gasteiger partial charge in [0.1, 0.15) is 0 Å². The smallest absolute Gasteiger partial charge is 1.00 e. The molecular formula is CH8MgN2O2. The van der Waals surface area contributed by atoms with Crippen LogP contribution in [-0.2, 0) is 0 Å². The van der Waals surface area contributed by atoms with Crippen molar-refractivity contribution in [3.8, 4) is 0 Å². The van der Waals surface area contributed by atoms with Crippen molar-refractivity contribution in [2.75, 3.05) is 0 Å². The number of carbonyl (C=O) groups excluding carboxylic acids is 1. The van der Waals surface area contributed by atoms with Crippen molar-refractivity contribution in [1.82, 2.24) is 0 Å². The fourth-order valence-electron chi connectivity index (χ4n) is 0. The van der Waals surface area contributed by atoms with Gasteiger partial charge in [-0.2, -0.15) is 0 Å². The molecular weight excluding hydrogens is 96.3 g/mol. The molecule has 0 fully saturated rings. The van der Waals surface area contributed by atoms with E-state index in [0.29, 0.717) is 0 Å². The third-order valence-electron chi connectivity index (χ3n) is 0. The summed E-state index contributed by atoms with van der Waals surface area (Å²) < 4.78 is 0. The minimum Gasteiger partial charge on any atom is -1.00 e. The number of carbonyl (C=O) groups is 1. The van der Waals surface area contributed by atoms with Gasteiger partial charge in [-0.25, -0.2) is 4.79 Å². The van der Waals surface area contributed by atoms with Gasteiger partial charge in [0.05, 0.1) is 0 Å². The Hall–Kier alpha value is -0.00377. The Morgan fingerprint density at radius 3 is 1.50 bits per heavy atom. The average Bonchev–Trinajstić information content (AvgIpc) is 0.811. The molecule has 6 heavy (non-hydrogen) atoms. The van der Waals surface area contributed by atoms with Crippen molar-refractivity contribution in [3.05, 3.63) is 0 Å². The maximum Gasteiger partial charge on any atom is 2.00 e. The molecule has 0 radical (unpaired) electrons. The van der Waals surface area contributed by atoms with Gasteiger partial charge < -0.3 is 19.8 Å². The third-order valence-corrected chi connectivity index (χ3v) is 0. The van der Waals surface area contributed by atoms with Crippen LogP contribution in [0.4, 0.5) is 4.79 Å². The molecule has 0 unspecified atom stereocenters. The molecule has 5 heteroatoms. The first kappa shape index (κ1) is 16.7. The quantitative estimate of drug-likeness (QED) is 0.343. The van der Waals surface area contributed by atoms with E-state index in [0.717, 1.165) is 0 Å². The SMILES string of the molecule is NC(N)=O.O.[H-].[H-].[Mg+2]. The molecule has 4 nitrogen and oxygen atoms in total. The van der Waals surface area contributed by atoms with Crippen LogP contribution in [0.1, 0.15) is 2.85 Å². The van der Waals surface area contributed by atoms with Crippen molar-refractivity contribution in [2.45, 2.75) is 0 Å². The van der Waals surface area contributed by atoms with Gasteiger partial charge >= 0.3 is 29.1 Å². The van der Waals surface area contributed by atoms with Crippen LogP contribution in [0.2, 0.25) is 0 Å². The fraction of sp³-hybridized carbons (Fsp3) is 0. The Morgan fingerprint density at radius 1 is 1.50 bits per heavy atom. The fourth-order valence-corrected chi connectivity index (χ4v) is 0. The van der Waals surface area contributed by atoms with E-state index in [2.05, 4.69) is 11.5 Å². The molecule has 0 spiro atoms. The van der Waals surface area contributed by atoms with Gasteiger partial charge in [-0.1, -0.05) is 0 Å². The van der Waals surface area contributed by atoms with Crippen molar-refractivity contribution in [1.29, 1.82) is 0 Å². The van der Waals surface area contributed by atoms with Gasteiger partial charge in [0.2, 0.25) is 0 Å². The summed E-state index contributed by atoms with van der Waals surface area (Å²) in [5.41, 5.74) is 8.50. The van der Waals surface area contributed by atoms with Gasteiger partial charge in [-0.3, -0.25) is 0 Å². The predicted molar refractivity (Wildman–Crippen MR) is 25.4 cm³/mol. The van der Waals surface area contributed by atoms with E-state index in [1.807, 2.05) is 0 Å². The number of amides is 2. The molecule has 0 rings (SSSR count). The molecule has 0 saturated carbocycles. The first-order valence-electron chi connectivity index (χ1n) is 0.781. The molecule has 0 saturated heterocycles. The van der Waals surface area contributed by atoms with E-state index in [1.165, 1.54) is 0 Å². The van der Waals surface area contributed by atoms with Crippen LogP contribution < -0.4 is 11.5 Å². The number of hydrogen-bond acceptors (Lipinski definition) is 1. The number of urea groups is 1. The van der Waals surface area contributed by atoms with E-state index in [-0.39, 0.29) is 31.4 Å². The van der Waals surface area contributed by atoms with Crippen molar-refractivity contribution in [3.63, 3.8) is 0 Å². The number of rotatable bonds is 0. The topological polar surface area (TPSA) is 101 Å². The van der Waals surface area contributed by atoms with E-state index in [1.54, 1.807) is 0 Å². The Balaban J connectivity index is -0.00000000750. The second-order valence-electron chi connectivity index (χ2n) is 0.402. The minimum absolute atomic E-state index is 0. The monoisotopic (exact) mass is 104 g/mol. The van der Waals surface area contributed by atoms with Crippen LogP contribution >= 0.6 is 0 Å². The minimum atomic E-state index is -0.833. The molecule has 0 atom stereocenters. The summed E-state index contributed by atoms with van der Waals surface area (Å²) in [6.45, 7) is 0. The molecule has 0 heterocycles. The second kappa shape index (κ2) is 8.89. The zero-order chi connectivity index (χ0) is 3.58.